The Kier molecular flexibility index (Phi) is 2.90. The van der Waals surface area contributed by atoms with Crippen molar-refractivity contribution in [3.63, 3.8) is 0 Å². The highest BCUT2D eigenvalue weighted by atomic mass is 16.7. The molecule has 0 aromatic heterocycles. The summed E-state index contributed by atoms with van der Waals surface area (Å²) in [7, 11) is 0. The molecule has 0 N–H and O–H groups in total. The van der Waals surface area contributed by atoms with Crippen LogP contribution in [-0.2, 0) is 4.79 Å². The number of carbonyl (C=O) groups excluding carboxylic acids is 1. The number of hydrogen-bond donors (Lipinski definition) is 0. The van der Waals surface area contributed by atoms with Crippen LogP contribution in [0.5, 0.6) is 11.5 Å². The van der Waals surface area contributed by atoms with Gasteiger partial charge in [0.25, 0.3) is 0 Å². The van der Waals surface area contributed by atoms with Gasteiger partial charge in [-0.15, -0.1) is 0 Å². The van der Waals surface area contributed by atoms with Crippen LogP contribution in [0.25, 0.3) is 0 Å². The van der Waals surface area contributed by atoms with Gasteiger partial charge in [0.05, 0.1) is 0 Å². The van der Waals surface area contributed by atoms with E-state index in [0.717, 1.165) is 29.8 Å². The molecule has 0 radical (unpaired) electrons. The highest BCUT2D eigenvalue weighted by molar-refractivity contribution is 5.53. The third-order valence-electron chi connectivity index (χ3n) is 2.74. The summed E-state index contributed by atoms with van der Waals surface area (Å²) >= 11 is 0. The van der Waals surface area contributed by atoms with Gasteiger partial charge in [-0.2, -0.15) is 0 Å². The van der Waals surface area contributed by atoms with Crippen LogP contribution < -0.4 is 9.47 Å². The molecule has 1 unspecified atom stereocenters. The van der Waals surface area contributed by atoms with Gasteiger partial charge in [0, 0.05) is 6.42 Å². The average molecular weight is 206 g/mol. The summed E-state index contributed by atoms with van der Waals surface area (Å²) in [6.07, 6.45) is 2.49. The maximum Gasteiger partial charge on any atom is 0.231 e. The van der Waals surface area contributed by atoms with Crippen molar-refractivity contribution in [2.24, 2.45) is 0 Å². The van der Waals surface area contributed by atoms with Crippen LogP contribution in [0, 0.1) is 0 Å². The molecule has 3 nitrogen and oxygen atoms in total. The van der Waals surface area contributed by atoms with E-state index in [4.69, 9.17) is 9.47 Å². The highest BCUT2D eigenvalue weighted by Crippen LogP contribution is 2.35. The summed E-state index contributed by atoms with van der Waals surface area (Å²) in [6.45, 7) is 2.38. The van der Waals surface area contributed by atoms with Gasteiger partial charge in [-0.05, 0) is 30.0 Å². The molecule has 0 spiro atoms. The predicted octanol–water partition coefficient (Wildman–Crippen LogP) is 2.50. The van der Waals surface area contributed by atoms with E-state index in [1.807, 2.05) is 18.2 Å². The van der Waals surface area contributed by atoms with Crippen LogP contribution in [-0.4, -0.2) is 13.1 Å². The van der Waals surface area contributed by atoms with E-state index in [2.05, 4.69) is 6.92 Å². The van der Waals surface area contributed by atoms with E-state index in [1.54, 1.807) is 0 Å². The van der Waals surface area contributed by atoms with Crippen LogP contribution >= 0.6 is 0 Å². The van der Waals surface area contributed by atoms with Gasteiger partial charge in [-0.3, -0.25) is 0 Å². The molecule has 15 heavy (non-hydrogen) atoms. The normalized spacial score (nSPS) is 15.0. The van der Waals surface area contributed by atoms with Gasteiger partial charge in [0.2, 0.25) is 6.79 Å². The SMILES string of the molecule is CCC(CC=O)c1ccc2c(c1)OCO2. The Hall–Kier alpha value is -1.51. The third-order valence-corrected chi connectivity index (χ3v) is 2.74. The van der Waals surface area contributed by atoms with Crippen LogP contribution in [0.2, 0.25) is 0 Å². The van der Waals surface area contributed by atoms with Crippen LogP contribution in [0.1, 0.15) is 31.2 Å². The standard InChI is InChI=1S/C12H14O3/c1-2-9(5-6-13)10-3-4-11-12(7-10)15-8-14-11/h3-4,6-7,9H,2,5,8H2,1H3. The largest absolute Gasteiger partial charge is 0.454 e. The number of benzene rings is 1. The lowest BCUT2D eigenvalue weighted by molar-refractivity contribution is -0.108. The molecule has 1 atom stereocenters. The topological polar surface area (TPSA) is 35.5 Å². The van der Waals surface area contributed by atoms with Crippen molar-refractivity contribution >= 4 is 6.29 Å². The van der Waals surface area contributed by atoms with E-state index < -0.39 is 0 Å². The molecule has 0 fully saturated rings. The summed E-state index contributed by atoms with van der Waals surface area (Å²) in [6, 6.07) is 5.89. The van der Waals surface area contributed by atoms with Crippen LogP contribution in [0.15, 0.2) is 18.2 Å². The van der Waals surface area contributed by atoms with E-state index in [0.29, 0.717) is 13.2 Å². The van der Waals surface area contributed by atoms with Gasteiger partial charge in [0.1, 0.15) is 6.29 Å². The summed E-state index contributed by atoms with van der Waals surface area (Å²) in [4.78, 5) is 10.5. The maximum atomic E-state index is 10.5. The molecule has 2 rings (SSSR count). The van der Waals surface area contributed by atoms with Gasteiger partial charge >= 0.3 is 0 Å². The minimum atomic E-state index is 0.289. The Morgan fingerprint density at radius 3 is 2.93 bits per heavy atom. The van der Waals surface area contributed by atoms with Crippen molar-refractivity contribution in [1.29, 1.82) is 0 Å². The smallest absolute Gasteiger partial charge is 0.231 e. The molecule has 0 saturated heterocycles. The fourth-order valence-corrected chi connectivity index (χ4v) is 1.82. The van der Waals surface area contributed by atoms with Crippen molar-refractivity contribution in [2.45, 2.75) is 25.7 Å². The molecule has 80 valence electrons. The lowest BCUT2D eigenvalue weighted by atomic mass is 9.93. The predicted molar refractivity (Wildman–Crippen MR) is 56.3 cm³/mol. The van der Waals surface area contributed by atoms with Crippen molar-refractivity contribution in [3.05, 3.63) is 23.8 Å². The summed E-state index contributed by atoms with van der Waals surface area (Å²) < 4.78 is 10.5. The molecule has 1 aliphatic heterocycles. The maximum absolute atomic E-state index is 10.5. The molecule has 1 aromatic carbocycles. The van der Waals surface area contributed by atoms with Crippen molar-refractivity contribution in [1.82, 2.24) is 0 Å². The van der Waals surface area contributed by atoms with Crippen molar-refractivity contribution < 1.29 is 14.3 Å². The number of hydrogen-bond acceptors (Lipinski definition) is 3. The zero-order valence-corrected chi connectivity index (χ0v) is 8.73. The molecule has 0 aliphatic carbocycles. The summed E-state index contributed by atoms with van der Waals surface area (Å²) in [5, 5.41) is 0. The molecular formula is C12H14O3. The average Bonchev–Trinajstić information content (AvgIpc) is 2.72. The fraction of sp³-hybridized carbons (Fsp3) is 0.417. The Morgan fingerprint density at radius 1 is 1.40 bits per heavy atom. The molecule has 0 bridgehead atoms. The second-order valence-electron chi connectivity index (χ2n) is 3.62. The van der Waals surface area contributed by atoms with Gasteiger partial charge < -0.3 is 14.3 Å². The van der Waals surface area contributed by atoms with Gasteiger partial charge in [-0.1, -0.05) is 13.0 Å². The van der Waals surface area contributed by atoms with Crippen LogP contribution in [0.4, 0.5) is 0 Å². The van der Waals surface area contributed by atoms with Gasteiger partial charge in [0.15, 0.2) is 11.5 Å². The number of carbonyl (C=O) groups is 1. The molecule has 1 aliphatic rings. The Balaban J connectivity index is 2.24. The Labute approximate surface area is 89.0 Å². The molecule has 0 amide bonds. The first kappa shape index (κ1) is 10.0. The molecular weight excluding hydrogens is 192 g/mol. The number of aldehydes is 1. The molecule has 1 aromatic rings. The zero-order valence-electron chi connectivity index (χ0n) is 8.73. The monoisotopic (exact) mass is 206 g/mol. The van der Waals surface area contributed by atoms with Crippen LogP contribution in [0.3, 0.4) is 0 Å². The van der Waals surface area contributed by atoms with Gasteiger partial charge in [-0.25, -0.2) is 0 Å². The molecule has 0 saturated carbocycles. The second-order valence-corrected chi connectivity index (χ2v) is 3.62. The number of ether oxygens (including phenoxy) is 2. The Morgan fingerprint density at radius 2 is 2.20 bits per heavy atom. The molecule has 1 heterocycles. The zero-order chi connectivity index (χ0) is 10.7. The lowest BCUT2D eigenvalue weighted by Gasteiger charge is -2.12. The molecule has 3 heteroatoms. The van der Waals surface area contributed by atoms with Crippen molar-refractivity contribution in [3.8, 4) is 11.5 Å². The first-order valence-electron chi connectivity index (χ1n) is 5.18. The van der Waals surface area contributed by atoms with E-state index in [-0.39, 0.29) is 5.92 Å². The summed E-state index contributed by atoms with van der Waals surface area (Å²) in [5.41, 5.74) is 1.15. The first-order chi connectivity index (χ1) is 7.35. The summed E-state index contributed by atoms with van der Waals surface area (Å²) in [5.74, 6) is 1.87. The number of rotatable bonds is 4. The fourth-order valence-electron chi connectivity index (χ4n) is 1.82. The Bertz CT molecular complexity index is 360. The van der Waals surface area contributed by atoms with Crippen molar-refractivity contribution in [2.75, 3.05) is 6.79 Å². The van der Waals surface area contributed by atoms with E-state index >= 15 is 0 Å². The lowest BCUT2D eigenvalue weighted by Crippen LogP contribution is -1.98. The second kappa shape index (κ2) is 4.34. The highest BCUT2D eigenvalue weighted by Gasteiger charge is 2.16. The van der Waals surface area contributed by atoms with E-state index in [1.165, 1.54) is 0 Å². The first-order valence-corrected chi connectivity index (χ1v) is 5.18. The quantitative estimate of drug-likeness (QED) is 0.710. The third kappa shape index (κ3) is 1.96. The minimum absolute atomic E-state index is 0.289. The number of fused-ring (bicyclic) bond motifs is 1. The minimum Gasteiger partial charge on any atom is -0.454 e. The van der Waals surface area contributed by atoms with E-state index in [9.17, 15) is 4.79 Å².